The highest BCUT2D eigenvalue weighted by atomic mass is 32.2. The van der Waals surface area contributed by atoms with Crippen LogP contribution in [-0.2, 0) is 0 Å². The predicted octanol–water partition coefficient (Wildman–Crippen LogP) is 3.36. The van der Waals surface area contributed by atoms with Crippen LogP contribution in [0, 0.1) is 0 Å². The monoisotopic (exact) mass is 317 g/mol. The van der Waals surface area contributed by atoms with Crippen LogP contribution in [0.25, 0.3) is 0 Å². The van der Waals surface area contributed by atoms with Crippen LogP contribution in [0.3, 0.4) is 0 Å². The number of imide groups is 1. The van der Waals surface area contributed by atoms with Crippen LogP contribution in [0.1, 0.15) is 33.6 Å². The van der Waals surface area contributed by atoms with Gasteiger partial charge in [-0.05, 0) is 30.7 Å². The molecular weight excluding hydrogens is 303 g/mol. The lowest BCUT2D eigenvalue weighted by molar-refractivity contribution is -0.105. The minimum Gasteiger partial charge on any atom is -0.274 e. The van der Waals surface area contributed by atoms with E-state index in [-0.39, 0.29) is 18.4 Å². The Balaban J connectivity index is 1.76. The minimum atomic E-state index is -4.15. The van der Waals surface area contributed by atoms with Gasteiger partial charge in [0.25, 0.3) is 11.8 Å². The molecule has 7 heteroatoms. The van der Waals surface area contributed by atoms with Gasteiger partial charge >= 0.3 is 6.18 Å². The molecule has 0 fully saturated rings. The SMILES string of the molecule is O=C1c2ccccc2C(=O)N1CCCCSCC(F)(F)F. The van der Waals surface area contributed by atoms with Crippen molar-refractivity contribution in [2.75, 3.05) is 18.1 Å². The second-order valence-corrected chi connectivity index (χ2v) is 5.79. The summed E-state index contributed by atoms with van der Waals surface area (Å²) >= 11 is 0.818. The summed E-state index contributed by atoms with van der Waals surface area (Å²) in [5.41, 5.74) is 0.794. The third-order valence-electron chi connectivity index (χ3n) is 3.06. The summed E-state index contributed by atoms with van der Waals surface area (Å²) in [6.45, 7) is 0.249. The topological polar surface area (TPSA) is 37.4 Å². The molecule has 1 aromatic carbocycles. The molecule has 0 saturated heterocycles. The van der Waals surface area contributed by atoms with Gasteiger partial charge in [-0.3, -0.25) is 14.5 Å². The molecule has 114 valence electrons. The fraction of sp³-hybridized carbons (Fsp3) is 0.429. The average molecular weight is 317 g/mol. The van der Waals surface area contributed by atoms with Gasteiger partial charge in [-0.15, -0.1) is 0 Å². The molecule has 0 N–H and O–H groups in total. The second kappa shape index (κ2) is 6.51. The van der Waals surface area contributed by atoms with Crippen LogP contribution in [0.2, 0.25) is 0 Å². The van der Waals surface area contributed by atoms with Crippen molar-refractivity contribution in [3.8, 4) is 0 Å². The number of hydrogen-bond acceptors (Lipinski definition) is 3. The highest BCUT2D eigenvalue weighted by molar-refractivity contribution is 7.99. The number of nitrogens with zero attached hydrogens (tertiary/aromatic N) is 1. The van der Waals surface area contributed by atoms with Gasteiger partial charge in [0.1, 0.15) is 0 Å². The lowest BCUT2D eigenvalue weighted by Crippen LogP contribution is -2.30. The number of fused-ring (bicyclic) bond motifs is 1. The first kappa shape index (κ1) is 15.9. The van der Waals surface area contributed by atoms with E-state index in [1.54, 1.807) is 24.3 Å². The van der Waals surface area contributed by atoms with Crippen LogP contribution in [-0.4, -0.2) is 40.9 Å². The zero-order valence-corrected chi connectivity index (χ0v) is 12.0. The van der Waals surface area contributed by atoms with E-state index in [4.69, 9.17) is 0 Å². The third-order valence-corrected chi connectivity index (χ3v) is 4.17. The van der Waals surface area contributed by atoms with E-state index < -0.39 is 11.9 Å². The second-order valence-electron chi connectivity index (χ2n) is 4.68. The fourth-order valence-corrected chi connectivity index (χ4v) is 2.89. The van der Waals surface area contributed by atoms with Gasteiger partial charge in [0, 0.05) is 6.54 Å². The molecule has 0 bridgehead atoms. The number of unbranched alkanes of at least 4 members (excludes halogenated alkanes) is 1. The number of amides is 2. The zero-order valence-electron chi connectivity index (χ0n) is 11.2. The van der Waals surface area contributed by atoms with E-state index in [0.717, 1.165) is 11.8 Å². The number of rotatable bonds is 6. The Kier molecular flexibility index (Phi) is 4.92. The molecule has 0 aliphatic carbocycles. The molecule has 0 atom stereocenters. The van der Waals surface area contributed by atoms with E-state index in [1.807, 2.05) is 0 Å². The van der Waals surface area contributed by atoms with Crippen molar-refractivity contribution in [1.82, 2.24) is 4.90 Å². The molecule has 2 rings (SSSR count). The number of hydrogen-bond donors (Lipinski definition) is 0. The average Bonchev–Trinajstić information content (AvgIpc) is 2.66. The normalized spacial score (nSPS) is 14.7. The number of carbonyl (C=O) groups excluding carboxylic acids is 2. The molecule has 1 aliphatic rings. The van der Waals surface area contributed by atoms with Gasteiger partial charge in [-0.25, -0.2) is 0 Å². The van der Waals surface area contributed by atoms with Gasteiger partial charge in [-0.1, -0.05) is 12.1 Å². The van der Waals surface area contributed by atoms with Gasteiger partial charge < -0.3 is 0 Å². The molecule has 21 heavy (non-hydrogen) atoms. The molecule has 0 spiro atoms. The first-order chi connectivity index (χ1) is 9.90. The maximum atomic E-state index is 12.0. The summed E-state index contributed by atoms with van der Waals surface area (Å²) in [4.78, 5) is 25.2. The van der Waals surface area contributed by atoms with E-state index in [2.05, 4.69) is 0 Å². The van der Waals surface area contributed by atoms with Gasteiger partial charge in [0.05, 0.1) is 16.9 Å². The van der Waals surface area contributed by atoms with Crippen LogP contribution in [0.5, 0.6) is 0 Å². The maximum absolute atomic E-state index is 12.0. The largest absolute Gasteiger partial charge is 0.397 e. The molecule has 0 saturated carbocycles. The van der Waals surface area contributed by atoms with Crippen molar-refractivity contribution < 1.29 is 22.8 Å². The Morgan fingerprint density at radius 3 is 2.10 bits per heavy atom. The Bertz CT molecular complexity index is 510. The molecule has 1 heterocycles. The van der Waals surface area contributed by atoms with E-state index >= 15 is 0 Å². The number of benzene rings is 1. The Morgan fingerprint density at radius 1 is 1.00 bits per heavy atom. The number of thioether (sulfide) groups is 1. The summed E-state index contributed by atoms with van der Waals surface area (Å²) in [6, 6.07) is 6.60. The standard InChI is InChI=1S/C14H14F3NO2S/c15-14(16,17)9-21-8-4-3-7-18-12(19)10-5-1-2-6-11(10)13(18)20/h1-2,5-6H,3-4,7-9H2. The fourth-order valence-electron chi connectivity index (χ4n) is 2.10. The van der Waals surface area contributed by atoms with Crippen LogP contribution in [0.4, 0.5) is 13.2 Å². The Hall–Kier alpha value is -1.50. The number of alkyl halides is 3. The molecule has 1 aliphatic heterocycles. The van der Waals surface area contributed by atoms with Crippen molar-refractivity contribution in [3.63, 3.8) is 0 Å². The maximum Gasteiger partial charge on any atom is 0.397 e. The molecule has 0 unspecified atom stereocenters. The molecular formula is C14H14F3NO2S. The van der Waals surface area contributed by atoms with Gasteiger partial charge in [0.2, 0.25) is 0 Å². The Labute approximate surface area is 124 Å². The summed E-state index contributed by atoms with van der Waals surface area (Å²) in [6.07, 6.45) is -3.10. The quantitative estimate of drug-likeness (QED) is 0.596. The number of carbonyl (C=O) groups is 2. The van der Waals surface area contributed by atoms with Crippen molar-refractivity contribution in [3.05, 3.63) is 35.4 Å². The van der Waals surface area contributed by atoms with E-state index in [0.29, 0.717) is 29.7 Å². The summed E-state index contributed by atoms with van der Waals surface area (Å²) in [5, 5.41) is 0. The van der Waals surface area contributed by atoms with Gasteiger partial charge in [-0.2, -0.15) is 24.9 Å². The molecule has 3 nitrogen and oxygen atoms in total. The first-order valence-electron chi connectivity index (χ1n) is 6.50. The first-order valence-corrected chi connectivity index (χ1v) is 7.65. The van der Waals surface area contributed by atoms with Gasteiger partial charge in [0.15, 0.2) is 0 Å². The summed E-state index contributed by atoms with van der Waals surface area (Å²) in [7, 11) is 0. The Morgan fingerprint density at radius 2 is 1.57 bits per heavy atom. The molecule has 0 radical (unpaired) electrons. The van der Waals surface area contributed by atoms with E-state index in [1.165, 1.54) is 4.90 Å². The van der Waals surface area contributed by atoms with Crippen molar-refractivity contribution in [2.45, 2.75) is 19.0 Å². The highest BCUT2D eigenvalue weighted by Crippen LogP contribution is 2.24. The lowest BCUT2D eigenvalue weighted by atomic mass is 10.1. The van der Waals surface area contributed by atoms with Crippen molar-refractivity contribution in [2.24, 2.45) is 0 Å². The van der Waals surface area contributed by atoms with Crippen LogP contribution in [0.15, 0.2) is 24.3 Å². The number of halogens is 3. The van der Waals surface area contributed by atoms with Crippen molar-refractivity contribution >= 4 is 23.6 Å². The lowest BCUT2D eigenvalue weighted by Gasteiger charge is -2.13. The smallest absolute Gasteiger partial charge is 0.274 e. The zero-order chi connectivity index (χ0) is 15.5. The molecule has 0 aromatic heterocycles. The minimum absolute atomic E-state index is 0.249. The predicted molar refractivity (Wildman–Crippen MR) is 74.4 cm³/mol. The van der Waals surface area contributed by atoms with Crippen molar-refractivity contribution in [1.29, 1.82) is 0 Å². The van der Waals surface area contributed by atoms with E-state index in [9.17, 15) is 22.8 Å². The molecule has 1 aromatic rings. The van der Waals surface area contributed by atoms with Crippen LogP contribution < -0.4 is 0 Å². The summed E-state index contributed by atoms with van der Waals surface area (Å²) in [5.74, 6) is -1.14. The van der Waals surface area contributed by atoms with Crippen LogP contribution >= 0.6 is 11.8 Å². The molecule has 2 amide bonds. The summed E-state index contributed by atoms with van der Waals surface area (Å²) < 4.78 is 35.8. The highest BCUT2D eigenvalue weighted by Gasteiger charge is 2.34. The third kappa shape index (κ3) is 4.00.